The van der Waals surface area contributed by atoms with Gasteiger partial charge in [0.05, 0.1) is 6.61 Å². The molecule has 108 valence electrons. The van der Waals surface area contributed by atoms with E-state index >= 15 is 0 Å². The number of anilines is 1. The van der Waals surface area contributed by atoms with Gasteiger partial charge in [-0.05, 0) is 12.8 Å². The first kappa shape index (κ1) is 15.9. The van der Waals surface area contributed by atoms with E-state index in [0.717, 1.165) is 30.6 Å². The van der Waals surface area contributed by atoms with Crippen LogP contribution in [0.4, 0.5) is 9.93 Å². The molecule has 0 atom stereocenters. The molecule has 6 heteroatoms. The maximum atomic E-state index is 12.1. The number of aliphatic hydroxyl groups excluding tert-OH is 1. The second-order valence-corrected chi connectivity index (χ2v) is 5.45. The van der Waals surface area contributed by atoms with Crippen LogP contribution >= 0.6 is 11.3 Å². The molecule has 1 heterocycles. The Balaban J connectivity index is 2.50. The van der Waals surface area contributed by atoms with E-state index in [1.165, 1.54) is 11.3 Å². The van der Waals surface area contributed by atoms with Crippen LogP contribution in [0, 0.1) is 0 Å². The highest BCUT2D eigenvalue weighted by molar-refractivity contribution is 7.15. The number of hydrogen-bond acceptors (Lipinski definition) is 4. The monoisotopic (exact) mass is 285 g/mol. The summed E-state index contributed by atoms with van der Waals surface area (Å²) in [5, 5.41) is 12.4. The molecule has 0 saturated carbocycles. The molecule has 2 N–H and O–H groups in total. The standard InChI is InChI=1S/C13H23N3O2S/c1-3-5-6-7-16(8-9-17)13(18)15-12-14-10-11(4-2)19-12/h10,17H,3-9H2,1-2H3,(H,14,15,18). The van der Waals surface area contributed by atoms with E-state index in [0.29, 0.717) is 18.2 Å². The van der Waals surface area contributed by atoms with Crippen molar-refractivity contribution in [3.8, 4) is 0 Å². The van der Waals surface area contributed by atoms with Crippen molar-refractivity contribution < 1.29 is 9.90 Å². The average molecular weight is 285 g/mol. The van der Waals surface area contributed by atoms with Gasteiger partial charge in [0.25, 0.3) is 0 Å². The fraction of sp³-hybridized carbons (Fsp3) is 0.692. The Morgan fingerprint density at radius 3 is 2.79 bits per heavy atom. The number of aromatic nitrogens is 1. The van der Waals surface area contributed by atoms with Crippen molar-refractivity contribution in [1.29, 1.82) is 0 Å². The summed E-state index contributed by atoms with van der Waals surface area (Å²) in [6, 6.07) is -0.179. The minimum atomic E-state index is -0.179. The smallest absolute Gasteiger partial charge is 0.323 e. The largest absolute Gasteiger partial charge is 0.395 e. The van der Waals surface area contributed by atoms with Crippen LogP contribution in [0.3, 0.4) is 0 Å². The van der Waals surface area contributed by atoms with Crippen molar-refractivity contribution in [2.24, 2.45) is 0 Å². The minimum absolute atomic E-state index is 0.0162. The highest BCUT2D eigenvalue weighted by Crippen LogP contribution is 2.18. The van der Waals surface area contributed by atoms with Crippen LogP contribution in [0.5, 0.6) is 0 Å². The Bertz CT molecular complexity index is 382. The van der Waals surface area contributed by atoms with Gasteiger partial charge in [0.15, 0.2) is 5.13 Å². The lowest BCUT2D eigenvalue weighted by molar-refractivity contribution is 0.187. The Morgan fingerprint density at radius 2 is 2.21 bits per heavy atom. The molecule has 0 spiro atoms. The number of aryl methyl sites for hydroxylation is 1. The van der Waals surface area contributed by atoms with Gasteiger partial charge in [-0.3, -0.25) is 5.32 Å². The SMILES string of the molecule is CCCCCN(CCO)C(=O)Nc1ncc(CC)s1. The average Bonchev–Trinajstić information content (AvgIpc) is 2.85. The van der Waals surface area contributed by atoms with E-state index in [-0.39, 0.29) is 12.6 Å². The first-order valence-corrected chi connectivity index (χ1v) is 7.64. The van der Waals surface area contributed by atoms with Gasteiger partial charge >= 0.3 is 6.03 Å². The van der Waals surface area contributed by atoms with Crippen molar-refractivity contribution in [3.05, 3.63) is 11.1 Å². The molecule has 1 rings (SSSR count). The van der Waals surface area contributed by atoms with Crippen LogP contribution in [-0.4, -0.2) is 40.7 Å². The summed E-state index contributed by atoms with van der Waals surface area (Å²) >= 11 is 1.49. The van der Waals surface area contributed by atoms with Crippen molar-refractivity contribution in [1.82, 2.24) is 9.88 Å². The molecule has 2 amide bonds. The third-order valence-electron chi connectivity index (χ3n) is 2.80. The molecule has 5 nitrogen and oxygen atoms in total. The van der Waals surface area contributed by atoms with Crippen molar-refractivity contribution in [3.63, 3.8) is 0 Å². The summed E-state index contributed by atoms with van der Waals surface area (Å²) in [7, 11) is 0. The Morgan fingerprint density at radius 1 is 1.42 bits per heavy atom. The number of aliphatic hydroxyl groups is 1. The zero-order chi connectivity index (χ0) is 14.1. The van der Waals surface area contributed by atoms with Gasteiger partial charge in [-0.25, -0.2) is 9.78 Å². The number of rotatable bonds is 8. The first-order valence-electron chi connectivity index (χ1n) is 6.82. The molecule has 0 bridgehead atoms. The first-order chi connectivity index (χ1) is 9.21. The summed E-state index contributed by atoms with van der Waals surface area (Å²) < 4.78 is 0. The summed E-state index contributed by atoms with van der Waals surface area (Å²) in [6.45, 7) is 5.20. The lowest BCUT2D eigenvalue weighted by Gasteiger charge is -2.21. The van der Waals surface area contributed by atoms with Gasteiger partial charge in [0, 0.05) is 24.2 Å². The van der Waals surface area contributed by atoms with Gasteiger partial charge in [-0.1, -0.05) is 26.7 Å². The molecule has 1 aromatic rings. The van der Waals surface area contributed by atoms with Gasteiger partial charge in [-0.15, -0.1) is 11.3 Å². The van der Waals surface area contributed by atoms with Gasteiger partial charge in [0.2, 0.25) is 0 Å². The van der Waals surface area contributed by atoms with E-state index in [1.54, 1.807) is 11.1 Å². The predicted molar refractivity (Wildman–Crippen MR) is 78.7 cm³/mol. The predicted octanol–water partition coefficient (Wildman–Crippen LogP) is 2.72. The van der Waals surface area contributed by atoms with Crippen LogP contribution in [0.25, 0.3) is 0 Å². The summed E-state index contributed by atoms with van der Waals surface area (Å²) in [5.74, 6) is 0. The number of thiazole rings is 1. The molecule has 1 aromatic heterocycles. The second-order valence-electron chi connectivity index (χ2n) is 4.33. The highest BCUT2D eigenvalue weighted by Gasteiger charge is 2.14. The van der Waals surface area contributed by atoms with E-state index in [9.17, 15) is 4.79 Å². The number of urea groups is 1. The van der Waals surface area contributed by atoms with Crippen LogP contribution < -0.4 is 5.32 Å². The van der Waals surface area contributed by atoms with Crippen LogP contribution in [-0.2, 0) is 6.42 Å². The molecule has 0 aromatic carbocycles. The van der Waals surface area contributed by atoms with Crippen molar-refractivity contribution in [2.45, 2.75) is 39.5 Å². The number of hydrogen-bond donors (Lipinski definition) is 2. The normalized spacial score (nSPS) is 10.5. The summed E-state index contributed by atoms with van der Waals surface area (Å²) in [5.41, 5.74) is 0. The topological polar surface area (TPSA) is 65.5 Å². The molecule has 0 radical (unpaired) electrons. The quantitative estimate of drug-likeness (QED) is 0.722. The van der Waals surface area contributed by atoms with Gasteiger partial charge in [-0.2, -0.15) is 0 Å². The second kappa shape index (κ2) is 8.87. The lowest BCUT2D eigenvalue weighted by atomic mass is 10.2. The third kappa shape index (κ3) is 5.57. The molecular formula is C13H23N3O2S. The number of carbonyl (C=O) groups excluding carboxylic acids is 1. The molecule has 0 saturated heterocycles. The molecule has 0 fully saturated rings. The summed E-state index contributed by atoms with van der Waals surface area (Å²) in [4.78, 5) is 19.0. The third-order valence-corrected chi connectivity index (χ3v) is 3.86. The van der Waals surface area contributed by atoms with Crippen molar-refractivity contribution >= 4 is 22.5 Å². The number of nitrogens with zero attached hydrogens (tertiary/aromatic N) is 2. The molecule has 0 aliphatic carbocycles. The maximum absolute atomic E-state index is 12.1. The zero-order valence-electron chi connectivity index (χ0n) is 11.7. The maximum Gasteiger partial charge on any atom is 0.323 e. The Hall–Kier alpha value is -1.14. The fourth-order valence-corrected chi connectivity index (χ4v) is 2.43. The van der Waals surface area contributed by atoms with Gasteiger partial charge in [0.1, 0.15) is 0 Å². The summed E-state index contributed by atoms with van der Waals surface area (Å²) in [6.07, 6.45) is 5.87. The molecule has 0 aliphatic rings. The Kier molecular flexibility index (Phi) is 7.43. The number of nitrogens with one attached hydrogen (secondary N) is 1. The number of unbranched alkanes of at least 4 members (excludes halogenated alkanes) is 2. The molecular weight excluding hydrogens is 262 g/mol. The Labute approximate surface area is 118 Å². The van der Waals surface area contributed by atoms with E-state index in [2.05, 4.69) is 24.1 Å². The van der Waals surface area contributed by atoms with E-state index in [4.69, 9.17) is 5.11 Å². The zero-order valence-corrected chi connectivity index (χ0v) is 12.5. The van der Waals surface area contributed by atoms with E-state index in [1.807, 2.05) is 0 Å². The molecule has 0 aliphatic heterocycles. The van der Waals surface area contributed by atoms with Gasteiger partial charge < -0.3 is 10.0 Å². The lowest BCUT2D eigenvalue weighted by Crippen LogP contribution is -2.37. The van der Waals surface area contributed by atoms with Crippen LogP contribution in [0.1, 0.15) is 38.0 Å². The highest BCUT2D eigenvalue weighted by atomic mass is 32.1. The molecule has 0 unspecified atom stereocenters. The van der Waals surface area contributed by atoms with Crippen LogP contribution in [0.15, 0.2) is 6.20 Å². The van der Waals surface area contributed by atoms with Crippen LogP contribution in [0.2, 0.25) is 0 Å². The number of carbonyl (C=O) groups is 1. The molecule has 19 heavy (non-hydrogen) atoms. The fourth-order valence-electron chi connectivity index (χ4n) is 1.69. The van der Waals surface area contributed by atoms with E-state index < -0.39 is 0 Å². The minimum Gasteiger partial charge on any atom is -0.395 e. The van der Waals surface area contributed by atoms with Crippen molar-refractivity contribution in [2.75, 3.05) is 25.0 Å². The number of amides is 2.